The Hall–Kier alpha value is -1.80. The second kappa shape index (κ2) is 6.60. The van der Waals surface area contributed by atoms with Crippen LogP contribution in [0.1, 0.15) is 17.5 Å². The number of azo groups is 1. The first-order valence-corrected chi connectivity index (χ1v) is 8.45. The van der Waals surface area contributed by atoms with Crippen molar-refractivity contribution in [3.63, 3.8) is 0 Å². The van der Waals surface area contributed by atoms with Gasteiger partial charge in [0.05, 0.1) is 6.42 Å². The highest BCUT2D eigenvalue weighted by Gasteiger charge is 2.44. The molecule has 0 saturated heterocycles. The molecule has 0 radical (unpaired) electrons. The average molecular weight is 457 g/mol. The van der Waals surface area contributed by atoms with Gasteiger partial charge in [0.15, 0.2) is 0 Å². The molecule has 2 aromatic carbocycles. The van der Waals surface area contributed by atoms with Crippen LogP contribution in [0.2, 0.25) is 5.02 Å². The van der Waals surface area contributed by atoms with Gasteiger partial charge in [-0.25, -0.2) is 4.39 Å². The van der Waals surface area contributed by atoms with E-state index in [4.69, 9.17) is 11.6 Å². The summed E-state index contributed by atoms with van der Waals surface area (Å²) in [4.78, 5) is 11.5. The van der Waals surface area contributed by atoms with Crippen LogP contribution < -0.4 is 0 Å². The van der Waals surface area contributed by atoms with Crippen LogP contribution in [-0.2, 0) is 10.3 Å². The van der Waals surface area contributed by atoms with Gasteiger partial charge in [0.2, 0.25) is 0 Å². The maximum Gasteiger partial charge on any atom is 0.306 e. The SMILES string of the molecule is O=C(O)CC1(c2ccc(F)cc2)N=NC(I)=C1c1ccc(Cl)cc1. The molecule has 122 valence electrons. The molecule has 0 spiro atoms. The molecule has 1 aliphatic heterocycles. The van der Waals surface area contributed by atoms with E-state index in [0.717, 1.165) is 5.56 Å². The van der Waals surface area contributed by atoms with Gasteiger partial charge < -0.3 is 5.11 Å². The van der Waals surface area contributed by atoms with E-state index in [-0.39, 0.29) is 6.42 Å². The zero-order chi connectivity index (χ0) is 17.3. The zero-order valence-corrected chi connectivity index (χ0v) is 15.1. The summed E-state index contributed by atoms with van der Waals surface area (Å²) in [5, 5.41) is 18.4. The number of halogens is 3. The second-order valence-corrected chi connectivity index (χ2v) is 6.77. The summed E-state index contributed by atoms with van der Waals surface area (Å²) in [5.74, 6) is -1.42. The summed E-state index contributed by atoms with van der Waals surface area (Å²) in [7, 11) is 0. The Bertz CT molecular complexity index is 850. The van der Waals surface area contributed by atoms with Gasteiger partial charge in [-0.2, -0.15) is 5.11 Å². The van der Waals surface area contributed by atoms with E-state index < -0.39 is 17.3 Å². The van der Waals surface area contributed by atoms with Crippen LogP contribution in [0.3, 0.4) is 0 Å². The van der Waals surface area contributed by atoms with Gasteiger partial charge in [-0.1, -0.05) is 35.9 Å². The number of benzene rings is 2. The predicted molar refractivity (Wildman–Crippen MR) is 97.6 cm³/mol. The van der Waals surface area contributed by atoms with Gasteiger partial charge in [-0.15, -0.1) is 5.11 Å². The molecule has 7 heteroatoms. The van der Waals surface area contributed by atoms with Crippen LogP contribution in [0.15, 0.2) is 62.5 Å². The second-order valence-electron chi connectivity index (χ2n) is 5.31. The monoisotopic (exact) mass is 456 g/mol. The van der Waals surface area contributed by atoms with Crippen LogP contribution in [0.25, 0.3) is 5.57 Å². The van der Waals surface area contributed by atoms with Crippen LogP contribution in [0.5, 0.6) is 0 Å². The molecule has 1 unspecified atom stereocenters. The van der Waals surface area contributed by atoms with Gasteiger partial charge in [0, 0.05) is 10.6 Å². The lowest BCUT2D eigenvalue weighted by Crippen LogP contribution is -2.27. The first-order chi connectivity index (χ1) is 11.4. The standard InChI is InChI=1S/C17H11ClFIN2O2/c18-12-5-1-10(2-6-12)15-16(20)21-22-17(15,9-14(23)24)11-3-7-13(19)8-4-11/h1-8H,9H2,(H,23,24). The minimum atomic E-state index is -1.19. The van der Waals surface area contributed by atoms with Crippen molar-refractivity contribution < 1.29 is 14.3 Å². The minimum Gasteiger partial charge on any atom is -0.481 e. The van der Waals surface area contributed by atoms with Crippen LogP contribution >= 0.6 is 34.2 Å². The minimum absolute atomic E-state index is 0.285. The number of carboxylic acids is 1. The summed E-state index contributed by atoms with van der Waals surface area (Å²) in [5.41, 5.74) is 0.837. The van der Waals surface area contributed by atoms with Crippen molar-refractivity contribution in [1.82, 2.24) is 0 Å². The number of hydrogen-bond acceptors (Lipinski definition) is 3. The first kappa shape index (κ1) is 17.0. The molecule has 4 nitrogen and oxygen atoms in total. The van der Waals surface area contributed by atoms with Crippen molar-refractivity contribution >= 4 is 45.7 Å². The Morgan fingerprint density at radius 2 is 1.79 bits per heavy atom. The average Bonchev–Trinajstić information content (AvgIpc) is 2.86. The molecule has 2 aromatic rings. The lowest BCUT2D eigenvalue weighted by atomic mass is 9.78. The third-order valence-corrected chi connectivity index (χ3v) is 4.80. The third-order valence-electron chi connectivity index (χ3n) is 3.79. The highest BCUT2D eigenvalue weighted by atomic mass is 127. The molecule has 0 fully saturated rings. The number of hydrogen-bond donors (Lipinski definition) is 1. The maximum absolute atomic E-state index is 13.3. The van der Waals surface area contributed by atoms with Gasteiger partial charge in [-0.05, 0) is 58.0 Å². The number of carbonyl (C=O) groups is 1. The molecule has 1 atom stereocenters. The Morgan fingerprint density at radius 1 is 1.17 bits per heavy atom. The van der Waals surface area contributed by atoms with Crippen LogP contribution in [-0.4, -0.2) is 11.1 Å². The highest BCUT2D eigenvalue weighted by Crippen LogP contribution is 2.50. The third kappa shape index (κ3) is 3.08. The predicted octanol–water partition coefficient (Wildman–Crippen LogP) is 5.42. The Labute approximate surface area is 156 Å². The van der Waals surface area contributed by atoms with Crippen molar-refractivity contribution in [3.8, 4) is 0 Å². The topological polar surface area (TPSA) is 62.0 Å². The fourth-order valence-corrected chi connectivity index (χ4v) is 3.74. The van der Waals surface area contributed by atoms with E-state index in [9.17, 15) is 14.3 Å². The van der Waals surface area contributed by atoms with Crippen molar-refractivity contribution in [2.75, 3.05) is 0 Å². The maximum atomic E-state index is 13.3. The van der Waals surface area contributed by atoms with E-state index in [0.29, 0.717) is 19.9 Å². The summed E-state index contributed by atoms with van der Waals surface area (Å²) < 4.78 is 13.9. The van der Waals surface area contributed by atoms with E-state index in [1.165, 1.54) is 12.1 Å². The molecular weight excluding hydrogens is 446 g/mol. The summed E-state index contributed by atoms with van der Waals surface area (Å²) in [6, 6.07) is 12.7. The molecule has 0 amide bonds. The Balaban J connectivity index is 2.20. The zero-order valence-electron chi connectivity index (χ0n) is 12.2. The molecule has 1 N–H and O–H groups in total. The molecule has 1 aliphatic rings. The Morgan fingerprint density at radius 3 is 2.38 bits per heavy atom. The molecule has 1 heterocycles. The van der Waals surface area contributed by atoms with E-state index in [1.54, 1.807) is 36.4 Å². The largest absolute Gasteiger partial charge is 0.481 e. The van der Waals surface area contributed by atoms with Crippen molar-refractivity contribution in [2.45, 2.75) is 12.0 Å². The molecule has 24 heavy (non-hydrogen) atoms. The van der Waals surface area contributed by atoms with Crippen molar-refractivity contribution in [3.05, 3.63) is 74.2 Å². The summed E-state index contributed by atoms with van der Waals surface area (Å²) in [6.45, 7) is 0. The lowest BCUT2D eigenvalue weighted by Gasteiger charge is -2.27. The van der Waals surface area contributed by atoms with Crippen LogP contribution in [0.4, 0.5) is 4.39 Å². The summed E-state index contributed by atoms with van der Waals surface area (Å²) >= 11 is 7.97. The summed E-state index contributed by atoms with van der Waals surface area (Å²) in [6.07, 6.45) is -0.285. The van der Waals surface area contributed by atoms with Crippen molar-refractivity contribution in [2.24, 2.45) is 10.2 Å². The van der Waals surface area contributed by atoms with E-state index >= 15 is 0 Å². The quantitative estimate of drug-likeness (QED) is 0.493. The molecule has 0 saturated carbocycles. The molecule has 0 aliphatic carbocycles. The van der Waals surface area contributed by atoms with Gasteiger partial charge in [0.1, 0.15) is 15.1 Å². The molecule has 0 aromatic heterocycles. The number of nitrogens with zero attached hydrogens (tertiary/aromatic N) is 2. The highest BCUT2D eigenvalue weighted by molar-refractivity contribution is 14.1. The molecule has 0 bridgehead atoms. The smallest absolute Gasteiger partial charge is 0.306 e. The van der Waals surface area contributed by atoms with E-state index in [2.05, 4.69) is 10.2 Å². The number of aliphatic carboxylic acids is 1. The fraction of sp³-hybridized carbons (Fsp3) is 0.118. The first-order valence-electron chi connectivity index (χ1n) is 6.99. The molecule has 3 rings (SSSR count). The van der Waals surface area contributed by atoms with E-state index in [1.807, 2.05) is 22.6 Å². The van der Waals surface area contributed by atoms with Crippen molar-refractivity contribution in [1.29, 1.82) is 0 Å². The number of rotatable bonds is 4. The van der Waals surface area contributed by atoms with Crippen LogP contribution in [0, 0.1) is 5.82 Å². The Kier molecular flexibility index (Phi) is 4.69. The van der Waals surface area contributed by atoms with Gasteiger partial charge in [0.25, 0.3) is 0 Å². The number of carboxylic acid groups (broad SMARTS) is 1. The van der Waals surface area contributed by atoms with Gasteiger partial charge in [-0.3, -0.25) is 4.79 Å². The fourth-order valence-electron chi connectivity index (χ4n) is 2.75. The molecular formula is C17H11ClFIN2O2. The lowest BCUT2D eigenvalue weighted by molar-refractivity contribution is -0.138. The normalized spacial score (nSPS) is 19.8. The van der Waals surface area contributed by atoms with Gasteiger partial charge >= 0.3 is 5.97 Å².